The van der Waals surface area contributed by atoms with E-state index >= 15 is 0 Å². The van der Waals surface area contributed by atoms with Crippen LogP contribution in [0.4, 0.5) is 17.3 Å². The number of benzene rings is 2. The van der Waals surface area contributed by atoms with Crippen molar-refractivity contribution in [1.82, 2.24) is 34.7 Å². The summed E-state index contributed by atoms with van der Waals surface area (Å²) in [7, 11) is 1.95. The van der Waals surface area contributed by atoms with Crippen molar-refractivity contribution in [3.8, 4) is 11.4 Å². The lowest BCUT2D eigenvalue weighted by atomic mass is 9.93. The minimum atomic E-state index is -0.344. The van der Waals surface area contributed by atoms with Gasteiger partial charge in [-0.05, 0) is 75.5 Å². The van der Waals surface area contributed by atoms with Gasteiger partial charge in [-0.2, -0.15) is 20.1 Å². The molecular formula is C40H50N12O2. The van der Waals surface area contributed by atoms with Gasteiger partial charge in [-0.1, -0.05) is 25.1 Å². The molecule has 1 unspecified atom stereocenters. The molecule has 4 N–H and O–H groups in total. The van der Waals surface area contributed by atoms with Gasteiger partial charge in [0.2, 0.25) is 6.41 Å². The number of hydrogen-bond acceptors (Lipinski definition) is 11. The molecule has 2 aliphatic rings. The quantitative estimate of drug-likeness (QED) is 0.112. The van der Waals surface area contributed by atoms with Crippen LogP contribution in [-0.2, 0) is 11.8 Å². The second-order valence-electron chi connectivity index (χ2n) is 14.3. The number of ether oxygens (including phenoxy) is 1. The van der Waals surface area contributed by atoms with Gasteiger partial charge >= 0.3 is 0 Å². The number of rotatable bonds is 15. The topological polar surface area (TPSA) is 162 Å². The summed E-state index contributed by atoms with van der Waals surface area (Å²) < 4.78 is 8.21. The number of piperidine rings is 1. The number of aromatic nitrogens is 6. The Morgan fingerprint density at radius 3 is 2.61 bits per heavy atom. The summed E-state index contributed by atoms with van der Waals surface area (Å²) >= 11 is 0. The summed E-state index contributed by atoms with van der Waals surface area (Å²) in [5.74, 6) is 2.68. The molecule has 2 fully saturated rings. The molecule has 0 aliphatic carbocycles. The van der Waals surface area contributed by atoms with Gasteiger partial charge in [-0.15, -0.1) is 0 Å². The number of nitrogens with zero attached hydrogens (tertiary/aromatic N) is 10. The van der Waals surface area contributed by atoms with Crippen molar-refractivity contribution in [2.24, 2.45) is 29.6 Å². The molecule has 5 heterocycles. The highest BCUT2D eigenvalue weighted by molar-refractivity contribution is 6.09. The number of nitrogens with two attached hydrogens (primary N) is 2. The maximum Gasteiger partial charge on any atom is 0.215 e. The number of anilines is 3. The highest BCUT2D eigenvalue weighted by Gasteiger charge is 2.31. The van der Waals surface area contributed by atoms with Crippen LogP contribution in [0.3, 0.4) is 0 Å². The Bertz CT molecular complexity index is 2100. The fraction of sp³-hybridized carbons (Fsp3) is 0.400. The van der Waals surface area contributed by atoms with Gasteiger partial charge in [-0.25, -0.2) is 4.98 Å². The van der Waals surface area contributed by atoms with Crippen LogP contribution in [0.25, 0.3) is 22.2 Å². The number of likely N-dealkylation sites (tertiary alicyclic amines) is 1. The molecule has 54 heavy (non-hydrogen) atoms. The van der Waals surface area contributed by atoms with Crippen LogP contribution < -0.4 is 26.0 Å². The number of carbonyl (C=O) groups excluding carboxylic acids is 1. The van der Waals surface area contributed by atoms with E-state index < -0.39 is 0 Å². The summed E-state index contributed by atoms with van der Waals surface area (Å²) in [5, 5.41) is 14.2. The highest BCUT2D eigenvalue weighted by Crippen LogP contribution is 2.33. The molecule has 14 nitrogen and oxygen atoms in total. The third-order valence-electron chi connectivity index (χ3n) is 10.5. The Labute approximate surface area is 316 Å². The van der Waals surface area contributed by atoms with Crippen molar-refractivity contribution in [1.29, 1.82) is 0 Å². The van der Waals surface area contributed by atoms with Crippen LogP contribution in [-0.4, -0.2) is 93.1 Å². The zero-order valence-electron chi connectivity index (χ0n) is 31.3. The standard InChI is InChI=1S/C40H50N12O2/c1-4-15-50(27-53)40-35-10-9-33(19-37(35)48(3)47-40)51-25-30(26-51)24-49-16-11-29(12-17-49)21-43-22-32(20-41)31-18-38(39(42)44-23-31)54-28(2)34-7-5-6-8-36(34)52-45-13-14-46-52/h5-10,13-14,18-20,22-23,27-30H,4,11-12,15-17,21,24-26,41H2,1-3H3,(H2,42,44)/b32-20+,43-22?. The Kier molecular flexibility index (Phi) is 11.2. The lowest BCUT2D eigenvalue weighted by Gasteiger charge is -2.44. The molecule has 3 aromatic heterocycles. The lowest BCUT2D eigenvalue weighted by Crippen LogP contribution is -2.52. The van der Waals surface area contributed by atoms with Gasteiger partial charge in [0.25, 0.3) is 0 Å². The first-order valence-electron chi connectivity index (χ1n) is 18.8. The molecule has 2 saturated heterocycles. The van der Waals surface area contributed by atoms with Crippen LogP contribution in [0.15, 0.2) is 78.3 Å². The zero-order chi connectivity index (χ0) is 37.6. The number of hydrogen-bond donors (Lipinski definition) is 2. The predicted octanol–water partition coefficient (Wildman–Crippen LogP) is 4.86. The first-order chi connectivity index (χ1) is 26.3. The first-order valence-corrected chi connectivity index (χ1v) is 18.8. The monoisotopic (exact) mass is 730 g/mol. The number of aryl methyl sites for hydroxylation is 1. The minimum Gasteiger partial charge on any atom is -0.482 e. The van der Waals surface area contributed by atoms with Crippen molar-refractivity contribution in [2.75, 3.05) is 61.3 Å². The first kappa shape index (κ1) is 36.6. The SMILES string of the molecule is CCCN(C=O)c1nn(C)c2cc(N3CC(CN4CCC(CN=C/C(=C\N)c5cnc(N)c(OC(C)c6ccccc6-n6nccn6)c5)CC4)C3)ccc12. The average Bonchev–Trinajstić information content (AvgIpc) is 3.83. The Morgan fingerprint density at radius 1 is 1.09 bits per heavy atom. The van der Waals surface area contributed by atoms with Gasteiger partial charge in [-0.3, -0.25) is 19.4 Å². The van der Waals surface area contributed by atoms with Gasteiger partial charge < -0.3 is 26.0 Å². The predicted molar refractivity (Wildman–Crippen MR) is 214 cm³/mol. The molecule has 0 saturated carbocycles. The number of nitrogen functional groups attached to an aromatic ring is 1. The smallest absolute Gasteiger partial charge is 0.215 e. The second-order valence-corrected chi connectivity index (χ2v) is 14.3. The number of pyridine rings is 1. The molecule has 14 heteroatoms. The molecule has 0 bridgehead atoms. The molecule has 5 aromatic rings. The fourth-order valence-corrected chi connectivity index (χ4v) is 7.53. The van der Waals surface area contributed by atoms with Crippen molar-refractivity contribution in [3.05, 3.63) is 84.4 Å². The van der Waals surface area contributed by atoms with E-state index in [0.29, 0.717) is 29.9 Å². The zero-order valence-corrected chi connectivity index (χ0v) is 31.3. The maximum absolute atomic E-state index is 11.7. The summed E-state index contributed by atoms with van der Waals surface area (Å²) in [6, 6.07) is 16.2. The van der Waals surface area contributed by atoms with E-state index in [0.717, 1.165) is 104 Å². The Morgan fingerprint density at radius 2 is 1.87 bits per heavy atom. The number of para-hydroxylation sites is 1. The molecule has 0 radical (unpaired) electrons. The van der Waals surface area contributed by atoms with E-state index in [1.54, 1.807) is 34.5 Å². The van der Waals surface area contributed by atoms with Crippen molar-refractivity contribution in [2.45, 2.75) is 39.2 Å². The van der Waals surface area contributed by atoms with Crippen LogP contribution in [0.5, 0.6) is 5.75 Å². The molecule has 1 amide bonds. The Balaban J connectivity index is 0.877. The Hall–Kier alpha value is -5.76. The van der Waals surface area contributed by atoms with Crippen LogP contribution in [0, 0.1) is 11.8 Å². The summed E-state index contributed by atoms with van der Waals surface area (Å²) in [4.78, 5) is 29.2. The van der Waals surface area contributed by atoms with Crippen LogP contribution in [0.1, 0.15) is 50.3 Å². The number of fused-ring (bicyclic) bond motifs is 1. The van der Waals surface area contributed by atoms with E-state index in [-0.39, 0.29) is 6.10 Å². The van der Waals surface area contributed by atoms with Gasteiger partial charge in [0.1, 0.15) is 6.10 Å². The highest BCUT2D eigenvalue weighted by atomic mass is 16.5. The fourth-order valence-electron chi connectivity index (χ4n) is 7.53. The van der Waals surface area contributed by atoms with Gasteiger partial charge in [0.05, 0.1) is 23.6 Å². The third kappa shape index (κ3) is 7.93. The summed E-state index contributed by atoms with van der Waals surface area (Å²) in [6.45, 7) is 10.8. The number of allylic oxidation sites excluding steroid dienone is 1. The van der Waals surface area contributed by atoms with E-state index in [9.17, 15) is 4.79 Å². The average molecular weight is 731 g/mol. The lowest BCUT2D eigenvalue weighted by molar-refractivity contribution is -0.107. The van der Waals surface area contributed by atoms with E-state index in [2.05, 4.69) is 55.2 Å². The van der Waals surface area contributed by atoms with Crippen LogP contribution >= 0.6 is 0 Å². The molecule has 282 valence electrons. The molecular weight excluding hydrogens is 681 g/mol. The summed E-state index contributed by atoms with van der Waals surface area (Å²) in [6.07, 6.45) is 12.0. The van der Waals surface area contributed by atoms with Crippen molar-refractivity contribution < 1.29 is 9.53 Å². The molecule has 2 aliphatic heterocycles. The van der Waals surface area contributed by atoms with Crippen molar-refractivity contribution >= 4 is 46.4 Å². The van der Waals surface area contributed by atoms with Crippen LogP contribution in [0.2, 0.25) is 0 Å². The number of carbonyl (C=O) groups is 1. The molecule has 1 atom stereocenters. The normalized spacial score (nSPS) is 16.6. The largest absolute Gasteiger partial charge is 0.482 e. The second kappa shape index (κ2) is 16.5. The molecule has 0 spiro atoms. The van der Waals surface area contributed by atoms with Gasteiger partial charge in [0.15, 0.2) is 17.4 Å². The van der Waals surface area contributed by atoms with Crippen molar-refractivity contribution in [3.63, 3.8) is 0 Å². The maximum atomic E-state index is 11.7. The number of amides is 1. The molecule has 2 aromatic carbocycles. The van der Waals surface area contributed by atoms with E-state index in [1.165, 1.54) is 5.69 Å². The minimum absolute atomic E-state index is 0.297. The molecule has 7 rings (SSSR count). The van der Waals surface area contributed by atoms with E-state index in [4.69, 9.17) is 21.2 Å². The number of aliphatic imine (C=N–C) groups is 1. The van der Waals surface area contributed by atoms with Gasteiger partial charge in [0, 0.05) is 92.1 Å². The third-order valence-corrected chi connectivity index (χ3v) is 10.5. The van der Waals surface area contributed by atoms with E-state index in [1.807, 2.05) is 55.2 Å². The summed E-state index contributed by atoms with van der Waals surface area (Å²) in [5.41, 5.74) is 17.9.